The molecule has 1 amide bonds. The lowest BCUT2D eigenvalue weighted by Crippen LogP contribution is -2.32. The van der Waals surface area contributed by atoms with Gasteiger partial charge in [-0.15, -0.1) is 0 Å². The quantitative estimate of drug-likeness (QED) is 0.199. The first kappa shape index (κ1) is 26.4. The molecule has 6 nitrogen and oxygen atoms in total. The fraction of sp³-hybridized carbons (Fsp3) is 0.226. The van der Waals surface area contributed by atoms with Crippen molar-refractivity contribution in [2.75, 3.05) is 19.8 Å². The Bertz CT molecular complexity index is 1560. The Kier molecular flexibility index (Phi) is 7.93. The van der Waals surface area contributed by atoms with Gasteiger partial charge in [0, 0.05) is 29.7 Å². The molecule has 0 radical (unpaired) electrons. The van der Waals surface area contributed by atoms with Gasteiger partial charge in [0.05, 0.1) is 13.2 Å². The fourth-order valence-corrected chi connectivity index (χ4v) is 5.04. The van der Waals surface area contributed by atoms with Gasteiger partial charge in [0.25, 0.3) is 5.91 Å². The molecule has 0 saturated carbocycles. The summed E-state index contributed by atoms with van der Waals surface area (Å²) < 4.78 is 27.3. The number of thiocarbonyl (C=S) groups is 1. The minimum atomic E-state index is -0.279. The molecule has 0 unspecified atom stereocenters. The van der Waals surface area contributed by atoms with Crippen molar-refractivity contribution in [3.8, 4) is 11.5 Å². The summed E-state index contributed by atoms with van der Waals surface area (Å²) in [5.74, 6) is 0.935. The van der Waals surface area contributed by atoms with E-state index < -0.39 is 0 Å². The topological polar surface area (TPSA) is 55.7 Å². The number of ether oxygens (including phenoxy) is 2. The van der Waals surface area contributed by atoms with Crippen molar-refractivity contribution in [3.05, 3.63) is 101 Å². The molecule has 1 N–H and O–H groups in total. The van der Waals surface area contributed by atoms with Crippen LogP contribution in [0.3, 0.4) is 0 Å². The normalized spacial score (nSPS) is 14.3. The number of nitrogens with one attached hydrogen (secondary N) is 1. The van der Waals surface area contributed by atoms with Gasteiger partial charge in [-0.2, -0.15) is 0 Å². The first-order valence-corrected chi connectivity index (χ1v) is 13.4. The molecule has 2 heterocycles. The molecule has 1 aliphatic rings. The van der Waals surface area contributed by atoms with Crippen molar-refractivity contribution in [2.24, 2.45) is 0 Å². The van der Waals surface area contributed by atoms with Gasteiger partial charge in [0.15, 0.2) is 16.6 Å². The van der Waals surface area contributed by atoms with Crippen LogP contribution in [0, 0.1) is 5.82 Å². The first-order valence-electron chi connectivity index (χ1n) is 13.0. The zero-order chi connectivity index (χ0) is 27.4. The van der Waals surface area contributed by atoms with Gasteiger partial charge in [-0.1, -0.05) is 36.4 Å². The molecular formula is C31H30FN3O3S. The van der Waals surface area contributed by atoms with E-state index in [1.807, 2.05) is 74.5 Å². The highest BCUT2D eigenvalue weighted by Crippen LogP contribution is 2.29. The van der Waals surface area contributed by atoms with Gasteiger partial charge in [-0.25, -0.2) is 4.39 Å². The molecular weight excluding hydrogens is 513 g/mol. The maximum absolute atomic E-state index is 13.9. The summed E-state index contributed by atoms with van der Waals surface area (Å²) in [7, 11) is 0. The van der Waals surface area contributed by atoms with E-state index in [9.17, 15) is 9.18 Å². The predicted molar refractivity (Wildman–Crippen MR) is 155 cm³/mol. The summed E-state index contributed by atoms with van der Waals surface area (Å²) >= 11 is 5.53. The zero-order valence-electron chi connectivity index (χ0n) is 21.9. The van der Waals surface area contributed by atoms with E-state index in [0.29, 0.717) is 55.0 Å². The predicted octanol–water partition coefficient (Wildman–Crippen LogP) is 5.93. The van der Waals surface area contributed by atoms with E-state index in [2.05, 4.69) is 9.88 Å². The molecule has 0 bridgehead atoms. The molecule has 3 aromatic carbocycles. The number of nitrogens with zero attached hydrogens (tertiary/aromatic N) is 2. The second kappa shape index (κ2) is 11.7. The third-order valence-electron chi connectivity index (χ3n) is 6.56. The molecule has 8 heteroatoms. The Morgan fingerprint density at radius 1 is 0.923 bits per heavy atom. The van der Waals surface area contributed by atoms with E-state index in [1.165, 1.54) is 12.1 Å². The van der Waals surface area contributed by atoms with Crippen molar-refractivity contribution in [2.45, 2.75) is 26.8 Å². The van der Waals surface area contributed by atoms with E-state index in [-0.39, 0.29) is 11.7 Å². The molecule has 39 heavy (non-hydrogen) atoms. The summed E-state index contributed by atoms with van der Waals surface area (Å²) in [6.45, 7) is 5.84. The Morgan fingerprint density at radius 3 is 2.51 bits per heavy atom. The van der Waals surface area contributed by atoms with E-state index >= 15 is 0 Å². The zero-order valence-corrected chi connectivity index (χ0v) is 22.8. The summed E-state index contributed by atoms with van der Waals surface area (Å²) in [6, 6.07) is 22.4. The first-order chi connectivity index (χ1) is 19.0. The number of amides is 1. The van der Waals surface area contributed by atoms with Gasteiger partial charge in [-0.05, 0) is 86.1 Å². The number of carbonyl (C=O) groups excluding carboxylic acids is 1. The van der Waals surface area contributed by atoms with Crippen LogP contribution >= 0.6 is 12.2 Å². The fourth-order valence-electron chi connectivity index (χ4n) is 4.76. The third-order valence-corrected chi connectivity index (χ3v) is 6.88. The number of halogens is 1. The Balaban J connectivity index is 1.37. The van der Waals surface area contributed by atoms with Crippen molar-refractivity contribution >= 4 is 40.2 Å². The van der Waals surface area contributed by atoms with E-state index in [0.717, 1.165) is 27.7 Å². The van der Waals surface area contributed by atoms with Gasteiger partial charge in [0.2, 0.25) is 0 Å². The average molecular weight is 544 g/mol. The van der Waals surface area contributed by atoms with Crippen molar-refractivity contribution in [1.29, 1.82) is 0 Å². The highest BCUT2D eigenvalue weighted by molar-refractivity contribution is 7.80. The molecule has 200 valence electrons. The SMILES string of the molecule is CCOc1ccc(CCN2C(=O)/C(=C/c3cc4ccccc4n3Cc3cccc(F)c3)NC2=S)cc1OCC. The lowest BCUT2D eigenvalue weighted by atomic mass is 10.1. The van der Waals surface area contributed by atoms with Gasteiger partial charge >= 0.3 is 0 Å². The molecule has 5 rings (SSSR count). The summed E-state index contributed by atoms with van der Waals surface area (Å²) in [5, 5.41) is 4.50. The van der Waals surface area contributed by atoms with E-state index in [4.69, 9.17) is 21.7 Å². The molecule has 1 saturated heterocycles. The molecule has 0 spiro atoms. The second-order valence-corrected chi connectivity index (χ2v) is 9.57. The van der Waals surface area contributed by atoms with Crippen molar-refractivity contribution < 1.29 is 18.7 Å². The smallest absolute Gasteiger partial charge is 0.276 e. The number of carbonyl (C=O) groups is 1. The highest BCUT2D eigenvalue weighted by Gasteiger charge is 2.30. The number of para-hydroxylation sites is 1. The second-order valence-electron chi connectivity index (χ2n) is 9.19. The Morgan fingerprint density at radius 2 is 1.72 bits per heavy atom. The average Bonchev–Trinajstić information content (AvgIpc) is 3.40. The van der Waals surface area contributed by atoms with Crippen LogP contribution in [0.4, 0.5) is 4.39 Å². The van der Waals surface area contributed by atoms with Crippen LogP contribution in [0.1, 0.15) is 30.7 Å². The maximum atomic E-state index is 13.9. The molecule has 1 fully saturated rings. The lowest BCUT2D eigenvalue weighted by molar-refractivity contribution is -0.122. The van der Waals surface area contributed by atoms with Crippen molar-refractivity contribution in [1.82, 2.24) is 14.8 Å². The minimum Gasteiger partial charge on any atom is -0.490 e. The minimum absolute atomic E-state index is 0.182. The highest BCUT2D eigenvalue weighted by atomic mass is 32.1. The largest absolute Gasteiger partial charge is 0.490 e. The molecule has 1 aliphatic heterocycles. The Labute approximate surface area is 232 Å². The van der Waals surface area contributed by atoms with Gasteiger partial charge < -0.3 is 19.4 Å². The summed E-state index contributed by atoms with van der Waals surface area (Å²) in [4.78, 5) is 15.0. The number of aromatic nitrogens is 1. The number of hydrogen-bond acceptors (Lipinski definition) is 4. The van der Waals surface area contributed by atoms with Crippen LogP contribution in [-0.2, 0) is 17.8 Å². The van der Waals surface area contributed by atoms with Gasteiger partial charge in [-0.3, -0.25) is 9.69 Å². The van der Waals surface area contributed by atoms with Gasteiger partial charge in [0.1, 0.15) is 11.5 Å². The number of fused-ring (bicyclic) bond motifs is 1. The molecule has 1 aromatic heterocycles. The number of benzene rings is 3. The van der Waals surface area contributed by atoms with Crippen molar-refractivity contribution in [3.63, 3.8) is 0 Å². The van der Waals surface area contributed by atoms with Crippen LogP contribution in [0.15, 0.2) is 78.5 Å². The van der Waals surface area contributed by atoms with Crippen LogP contribution in [0.5, 0.6) is 11.5 Å². The standard InChI is InChI=1S/C31H30FN3O3S/c1-3-37-28-13-12-21(17-29(28)38-4-2)14-15-34-30(36)26(33-31(34)39)19-25-18-23-9-5-6-11-27(23)35(25)20-22-8-7-10-24(32)16-22/h5-13,16-19H,3-4,14-15,20H2,1-2H3,(H,33,39)/b26-19-. The number of rotatable bonds is 10. The van der Waals surface area contributed by atoms with E-state index in [1.54, 1.807) is 11.0 Å². The summed E-state index contributed by atoms with van der Waals surface area (Å²) in [6.07, 6.45) is 2.42. The number of hydrogen-bond donors (Lipinski definition) is 1. The van der Waals surface area contributed by atoms with Crippen LogP contribution in [0.25, 0.3) is 17.0 Å². The lowest BCUT2D eigenvalue weighted by Gasteiger charge is -2.16. The van der Waals surface area contributed by atoms with Crippen LogP contribution in [0.2, 0.25) is 0 Å². The molecule has 4 aromatic rings. The molecule has 0 atom stereocenters. The monoisotopic (exact) mass is 543 g/mol. The maximum Gasteiger partial charge on any atom is 0.276 e. The third kappa shape index (κ3) is 5.81. The molecule has 0 aliphatic carbocycles. The van der Waals surface area contributed by atoms with Crippen LogP contribution < -0.4 is 14.8 Å². The summed E-state index contributed by atoms with van der Waals surface area (Å²) in [5.41, 5.74) is 4.09. The van der Waals surface area contributed by atoms with Crippen LogP contribution in [-0.4, -0.2) is 40.2 Å². The Hall–Kier alpha value is -4.17.